The van der Waals surface area contributed by atoms with Gasteiger partial charge in [-0.3, -0.25) is 0 Å². The fraction of sp³-hybridized carbons (Fsp3) is 0.304. The van der Waals surface area contributed by atoms with Crippen LogP contribution in [0.1, 0.15) is 16.8 Å². The van der Waals surface area contributed by atoms with E-state index in [9.17, 15) is 14.7 Å². The fourth-order valence-corrected chi connectivity index (χ4v) is 4.03. The number of hydrogen-bond donors (Lipinski definition) is 2. The van der Waals surface area contributed by atoms with Crippen LogP contribution in [0.3, 0.4) is 0 Å². The molecule has 1 aliphatic heterocycles. The molecule has 1 saturated heterocycles. The zero-order chi connectivity index (χ0) is 23.7. The SMILES string of the molecule is Cc1ccn2c(C[C@H]3CN(C(=O)O)CCO3)c(-c3c(F)cc(CC(N)=C=O)cc3F)nc2c1. The Labute approximate surface area is 187 Å². The third-order valence-corrected chi connectivity index (χ3v) is 5.58. The van der Waals surface area contributed by atoms with Crippen LogP contribution < -0.4 is 5.73 Å². The van der Waals surface area contributed by atoms with E-state index >= 15 is 8.78 Å². The van der Waals surface area contributed by atoms with Gasteiger partial charge in [0.1, 0.15) is 23.2 Å². The van der Waals surface area contributed by atoms with Gasteiger partial charge in [0.2, 0.25) is 0 Å². The Bertz CT molecular complexity index is 1260. The number of carbonyl (C=O) groups excluding carboxylic acids is 1. The average Bonchev–Trinajstić information content (AvgIpc) is 3.10. The second kappa shape index (κ2) is 9.01. The summed E-state index contributed by atoms with van der Waals surface area (Å²) in [6.45, 7) is 2.50. The quantitative estimate of drug-likeness (QED) is 0.572. The number of imidazole rings is 1. The van der Waals surface area contributed by atoms with Crippen molar-refractivity contribution in [2.75, 3.05) is 19.7 Å². The summed E-state index contributed by atoms with van der Waals surface area (Å²) >= 11 is 0. The minimum Gasteiger partial charge on any atom is -0.465 e. The number of aromatic nitrogens is 2. The average molecular weight is 456 g/mol. The van der Waals surface area contributed by atoms with Crippen molar-refractivity contribution in [2.45, 2.75) is 25.9 Å². The number of fused-ring (bicyclic) bond motifs is 1. The Morgan fingerprint density at radius 1 is 1.33 bits per heavy atom. The molecule has 0 bridgehead atoms. The molecule has 3 aromatic rings. The molecule has 1 aromatic carbocycles. The third kappa shape index (κ3) is 4.57. The number of carboxylic acid groups (broad SMARTS) is 1. The van der Waals surface area contributed by atoms with Gasteiger partial charge in [-0.25, -0.2) is 23.4 Å². The normalized spacial score (nSPS) is 16.1. The largest absolute Gasteiger partial charge is 0.465 e. The van der Waals surface area contributed by atoms with Gasteiger partial charge in [-0.05, 0) is 42.3 Å². The number of aryl methyl sites for hydroxylation is 1. The predicted octanol–water partition coefficient (Wildman–Crippen LogP) is 2.73. The fourth-order valence-electron chi connectivity index (χ4n) is 4.03. The molecule has 0 unspecified atom stereocenters. The Hall–Kier alpha value is -3.75. The zero-order valence-corrected chi connectivity index (χ0v) is 17.8. The molecule has 1 aliphatic rings. The van der Waals surface area contributed by atoms with Crippen molar-refractivity contribution in [3.05, 3.63) is 64.6 Å². The lowest BCUT2D eigenvalue weighted by Gasteiger charge is -2.31. The molecule has 0 radical (unpaired) electrons. The Balaban J connectivity index is 1.79. The summed E-state index contributed by atoms with van der Waals surface area (Å²) in [5.74, 6) is -0.179. The predicted molar refractivity (Wildman–Crippen MR) is 115 cm³/mol. The number of nitrogens with zero attached hydrogens (tertiary/aromatic N) is 3. The number of ether oxygens (including phenoxy) is 1. The van der Waals surface area contributed by atoms with Gasteiger partial charge in [0, 0.05) is 25.6 Å². The minimum absolute atomic E-state index is 0.108. The number of nitrogens with two attached hydrogens (primary N) is 1. The summed E-state index contributed by atoms with van der Waals surface area (Å²) in [5, 5.41) is 9.32. The number of halogens is 2. The highest BCUT2D eigenvalue weighted by Crippen LogP contribution is 2.32. The molecule has 2 aromatic heterocycles. The topological polar surface area (TPSA) is 110 Å². The van der Waals surface area contributed by atoms with Crippen molar-refractivity contribution >= 4 is 17.7 Å². The summed E-state index contributed by atoms with van der Waals surface area (Å²) in [4.78, 5) is 27.8. The maximum Gasteiger partial charge on any atom is 0.407 e. The number of pyridine rings is 1. The second-order valence-electron chi connectivity index (χ2n) is 8.00. The Morgan fingerprint density at radius 2 is 2.06 bits per heavy atom. The first-order valence-electron chi connectivity index (χ1n) is 10.3. The molecular formula is C23H22F2N4O4. The van der Waals surface area contributed by atoms with Gasteiger partial charge < -0.3 is 24.9 Å². The number of benzene rings is 1. The van der Waals surface area contributed by atoms with E-state index in [1.54, 1.807) is 16.7 Å². The molecule has 0 spiro atoms. The molecule has 0 aliphatic carbocycles. The highest BCUT2D eigenvalue weighted by Gasteiger charge is 2.28. The van der Waals surface area contributed by atoms with Gasteiger partial charge in [0.15, 0.2) is 0 Å². The lowest BCUT2D eigenvalue weighted by molar-refractivity contribution is -0.0214. The standard InChI is InChI=1S/C23H22F2N4O4/c1-13-2-3-29-19(10-16-11-28(23(31)32)4-5-33-16)22(27-20(29)6-13)21-17(24)8-14(9-18(21)25)7-15(26)12-30/h2-3,6,8-9,16H,4-5,7,10-11,26H2,1H3,(H,31,32)/t16-/m0/s1. The van der Waals surface area contributed by atoms with Gasteiger partial charge in [0.25, 0.3) is 0 Å². The van der Waals surface area contributed by atoms with Crippen molar-refractivity contribution in [3.8, 4) is 11.3 Å². The maximum absolute atomic E-state index is 15.1. The first-order chi connectivity index (χ1) is 15.8. The van der Waals surface area contributed by atoms with Crippen LogP contribution in [0, 0.1) is 18.6 Å². The van der Waals surface area contributed by atoms with E-state index in [-0.39, 0.29) is 55.1 Å². The van der Waals surface area contributed by atoms with Crippen LogP contribution in [0.5, 0.6) is 0 Å². The van der Waals surface area contributed by atoms with E-state index in [2.05, 4.69) is 4.98 Å². The molecule has 0 saturated carbocycles. The number of amides is 1. The Kier molecular flexibility index (Phi) is 6.13. The molecule has 172 valence electrons. The number of rotatable bonds is 5. The maximum atomic E-state index is 15.1. The summed E-state index contributed by atoms with van der Waals surface area (Å²) in [6, 6.07) is 5.87. The van der Waals surface area contributed by atoms with E-state index in [1.807, 2.05) is 13.0 Å². The molecule has 1 fully saturated rings. The lowest BCUT2D eigenvalue weighted by Crippen LogP contribution is -2.45. The van der Waals surface area contributed by atoms with Crippen LogP contribution >= 0.6 is 0 Å². The van der Waals surface area contributed by atoms with Crippen LogP contribution in [-0.4, -0.2) is 57.2 Å². The number of allylic oxidation sites excluding steroid dienone is 1. The van der Waals surface area contributed by atoms with Crippen LogP contribution in [-0.2, 0) is 22.4 Å². The summed E-state index contributed by atoms with van der Waals surface area (Å²) in [6.07, 6.45) is 0.278. The molecule has 1 amide bonds. The van der Waals surface area contributed by atoms with Crippen molar-refractivity contribution in [3.63, 3.8) is 0 Å². The number of carbonyl (C=O) groups is 1. The lowest BCUT2D eigenvalue weighted by atomic mass is 10.0. The van der Waals surface area contributed by atoms with Crippen molar-refractivity contribution in [1.29, 1.82) is 0 Å². The zero-order valence-electron chi connectivity index (χ0n) is 17.8. The molecular weight excluding hydrogens is 434 g/mol. The van der Waals surface area contributed by atoms with Crippen LogP contribution in [0.25, 0.3) is 16.9 Å². The van der Waals surface area contributed by atoms with E-state index < -0.39 is 23.8 Å². The van der Waals surface area contributed by atoms with Gasteiger partial charge in [-0.2, -0.15) is 0 Å². The van der Waals surface area contributed by atoms with Crippen LogP contribution in [0.2, 0.25) is 0 Å². The Morgan fingerprint density at radius 3 is 2.73 bits per heavy atom. The molecule has 33 heavy (non-hydrogen) atoms. The van der Waals surface area contributed by atoms with Crippen molar-refractivity contribution in [2.24, 2.45) is 5.73 Å². The molecule has 8 nitrogen and oxygen atoms in total. The van der Waals surface area contributed by atoms with E-state index in [0.717, 1.165) is 17.7 Å². The molecule has 4 rings (SSSR count). The molecule has 3 N–H and O–H groups in total. The highest BCUT2D eigenvalue weighted by molar-refractivity contribution is 5.69. The van der Waals surface area contributed by atoms with E-state index in [4.69, 9.17) is 10.5 Å². The monoisotopic (exact) mass is 456 g/mol. The van der Waals surface area contributed by atoms with Gasteiger partial charge in [-0.15, -0.1) is 0 Å². The first kappa shape index (κ1) is 22.4. The first-order valence-corrected chi connectivity index (χ1v) is 10.3. The smallest absolute Gasteiger partial charge is 0.407 e. The van der Waals surface area contributed by atoms with Crippen LogP contribution in [0.4, 0.5) is 13.6 Å². The molecule has 1 atom stereocenters. The van der Waals surface area contributed by atoms with Gasteiger partial charge >= 0.3 is 6.09 Å². The van der Waals surface area contributed by atoms with Crippen molar-refractivity contribution in [1.82, 2.24) is 14.3 Å². The number of hydrogen-bond acceptors (Lipinski definition) is 5. The van der Waals surface area contributed by atoms with Crippen LogP contribution in [0.15, 0.2) is 36.2 Å². The van der Waals surface area contributed by atoms with Gasteiger partial charge in [-0.1, -0.05) is 0 Å². The summed E-state index contributed by atoms with van der Waals surface area (Å²) < 4.78 is 37.7. The third-order valence-electron chi connectivity index (χ3n) is 5.58. The van der Waals surface area contributed by atoms with E-state index in [0.29, 0.717) is 11.3 Å². The number of morpholine rings is 1. The van der Waals surface area contributed by atoms with Crippen molar-refractivity contribution < 1.29 is 28.2 Å². The van der Waals surface area contributed by atoms with Gasteiger partial charge in [0.05, 0.1) is 41.9 Å². The molecule has 3 heterocycles. The molecule has 10 heteroatoms. The second-order valence-corrected chi connectivity index (χ2v) is 8.00. The highest BCUT2D eigenvalue weighted by atomic mass is 19.1. The summed E-state index contributed by atoms with van der Waals surface area (Å²) in [5.41, 5.74) is 7.21. The minimum atomic E-state index is -1.05. The summed E-state index contributed by atoms with van der Waals surface area (Å²) in [7, 11) is 0. The van der Waals surface area contributed by atoms with E-state index in [1.165, 1.54) is 10.8 Å².